The van der Waals surface area contributed by atoms with Gasteiger partial charge < -0.3 is 5.32 Å². The van der Waals surface area contributed by atoms with Crippen molar-refractivity contribution >= 4 is 23.1 Å². The van der Waals surface area contributed by atoms with Gasteiger partial charge in [-0.25, -0.2) is 4.79 Å². The minimum Gasteiger partial charge on any atom is -0.339 e. The van der Waals surface area contributed by atoms with Gasteiger partial charge in [-0.2, -0.15) is 10.1 Å². The van der Waals surface area contributed by atoms with Crippen LogP contribution < -0.4 is 10.7 Å². The number of aliphatic imine (C=N–C) groups is 1. The largest absolute Gasteiger partial charge is 0.340 e. The smallest absolute Gasteiger partial charge is 0.339 e. The molecule has 2 rings (SSSR count). The number of urea groups is 1. The molecule has 2 amide bonds. The minimum absolute atomic E-state index is 0.317. The third kappa shape index (κ3) is 4.06. The molecule has 0 radical (unpaired) electrons. The molecule has 0 aliphatic heterocycles. The molecule has 1 aromatic carbocycles. The normalized spacial score (nSPS) is 18.6. The first-order valence-electron chi connectivity index (χ1n) is 6.13. The summed E-state index contributed by atoms with van der Waals surface area (Å²) in [5.74, 6) is 0. The first-order chi connectivity index (χ1) is 9.28. The van der Waals surface area contributed by atoms with Gasteiger partial charge in [-0.1, -0.05) is 18.2 Å². The van der Waals surface area contributed by atoms with Gasteiger partial charge in [0, 0.05) is 12.8 Å². The molecular weight excluding hydrogens is 240 g/mol. The van der Waals surface area contributed by atoms with Gasteiger partial charge in [0.15, 0.2) is 0 Å². The van der Waals surface area contributed by atoms with Crippen molar-refractivity contribution in [1.29, 1.82) is 0 Å². The highest BCUT2D eigenvalue weighted by molar-refractivity contribution is 6.11. The van der Waals surface area contributed by atoms with E-state index in [1.807, 2.05) is 42.5 Å². The van der Waals surface area contributed by atoms with Crippen LogP contribution in [-0.2, 0) is 0 Å². The molecule has 1 aromatic rings. The van der Waals surface area contributed by atoms with Crippen LogP contribution in [-0.4, -0.2) is 24.5 Å². The molecule has 0 aromatic heterocycles. The van der Waals surface area contributed by atoms with Gasteiger partial charge in [-0.3, -0.25) is 5.43 Å². The summed E-state index contributed by atoms with van der Waals surface area (Å²) in [6.07, 6.45) is 5.19. The maximum absolute atomic E-state index is 11.1. The van der Waals surface area contributed by atoms with E-state index in [4.69, 9.17) is 0 Å². The number of carbonyl (C=O) groups is 1. The number of hydrogen-bond donors (Lipinski definition) is 2. The van der Waals surface area contributed by atoms with Crippen LogP contribution >= 0.6 is 0 Å². The summed E-state index contributed by atoms with van der Waals surface area (Å²) < 4.78 is 0. The second-order valence-corrected chi connectivity index (χ2v) is 4.07. The Kier molecular flexibility index (Phi) is 4.44. The fourth-order valence-electron chi connectivity index (χ4n) is 1.64. The van der Waals surface area contributed by atoms with Crippen LogP contribution in [0.25, 0.3) is 0 Å². The van der Waals surface area contributed by atoms with Gasteiger partial charge in [-0.05, 0) is 37.1 Å². The first-order valence-corrected chi connectivity index (χ1v) is 6.13. The number of hydrogen-bond acceptors (Lipinski definition) is 3. The summed E-state index contributed by atoms with van der Waals surface area (Å²) in [5, 5.41) is 6.78. The molecule has 5 nitrogen and oxygen atoms in total. The van der Waals surface area contributed by atoms with Crippen LogP contribution in [0.15, 0.2) is 52.6 Å². The summed E-state index contributed by atoms with van der Waals surface area (Å²) in [6, 6.07) is 9.45. The van der Waals surface area contributed by atoms with E-state index < -0.39 is 0 Å². The number of anilines is 1. The predicted octanol–water partition coefficient (Wildman–Crippen LogP) is 2.58. The van der Waals surface area contributed by atoms with E-state index in [0.717, 1.165) is 30.0 Å². The first kappa shape index (κ1) is 13.0. The van der Waals surface area contributed by atoms with Crippen molar-refractivity contribution in [2.75, 3.05) is 12.5 Å². The number of nitrogens with one attached hydrogen (secondary N) is 2. The molecule has 0 saturated carbocycles. The lowest BCUT2D eigenvalue weighted by Gasteiger charge is -2.09. The number of hydrazone groups is 1. The lowest BCUT2D eigenvalue weighted by molar-refractivity contribution is 0.251. The molecular formula is C14H16N4O. The van der Waals surface area contributed by atoms with E-state index in [2.05, 4.69) is 20.8 Å². The Hall–Kier alpha value is -2.43. The molecule has 98 valence electrons. The van der Waals surface area contributed by atoms with Crippen LogP contribution in [0.2, 0.25) is 0 Å². The Bertz CT molecular complexity index is 532. The number of amides is 2. The van der Waals surface area contributed by atoms with Gasteiger partial charge in [0.2, 0.25) is 0 Å². The van der Waals surface area contributed by atoms with Crippen LogP contribution in [0.1, 0.15) is 12.8 Å². The van der Waals surface area contributed by atoms with Gasteiger partial charge in [0.25, 0.3) is 0 Å². The van der Waals surface area contributed by atoms with Gasteiger partial charge in [0.05, 0.1) is 11.4 Å². The summed E-state index contributed by atoms with van der Waals surface area (Å²) in [7, 11) is 1.57. The molecule has 0 unspecified atom stereocenters. The van der Waals surface area contributed by atoms with Crippen molar-refractivity contribution in [2.45, 2.75) is 12.8 Å². The summed E-state index contributed by atoms with van der Waals surface area (Å²) in [4.78, 5) is 15.0. The van der Waals surface area contributed by atoms with Crippen molar-refractivity contribution in [2.24, 2.45) is 10.1 Å². The number of allylic oxidation sites excluding steroid dienone is 2. The number of carbonyl (C=O) groups excluding carboxylic acids is 1. The van der Waals surface area contributed by atoms with E-state index in [9.17, 15) is 4.79 Å². The Morgan fingerprint density at radius 2 is 1.79 bits per heavy atom. The maximum atomic E-state index is 11.1. The number of benzene rings is 1. The van der Waals surface area contributed by atoms with Crippen LogP contribution in [0, 0.1) is 0 Å². The SMILES string of the molecule is CNC(=O)N=C1C=CC(=NNc2ccccc2)CC1. The van der Waals surface area contributed by atoms with E-state index >= 15 is 0 Å². The monoisotopic (exact) mass is 256 g/mol. The fraction of sp³-hybridized carbons (Fsp3) is 0.214. The summed E-state index contributed by atoms with van der Waals surface area (Å²) in [6.45, 7) is 0. The van der Waals surface area contributed by atoms with Gasteiger partial charge >= 0.3 is 6.03 Å². The number of nitrogens with zero attached hydrogens (tertiary/aromatic N) is 2. The molecule has 0 spiro atoms. The van der Waals surface area contributed by atoms with E-state index in [-0.39, 0.29) is 6.03 Å². The highest BCUT2D eigenvalue weighted by Crippen LogP contribution is 2.09. The standard InChI is InChI=1S/C14H16N4O/c1-15-14(19)16-11-7-9-13(10-8-11)18-17-12-5-3-2-4-6-12/h2-7,9,17H,8,10H2,1H3,(H,15,19). The average Bonchev–Trinajstić information content (AvgIpc) is 2.47. The third-order valence-corrected chi connectivity index (χ3v) is 2.67. The lowest BCUT2D eigenvalue weighted by Crippen LogP contribution is -2.17. The van der Waals surface area contributed by atoms with Crippen LogP contribution in [0.5, 0.6) is 0 Å². The van der Waals surface area contributed by atoms with Gasteiger partial charge in [0.1, 0.15) is 0 Å². The zero-order valence-electron chi connectivity index (χ0n) is 10.8. The van der Waals surface area contributed by atoms with Crippen molar-refractivity contribution in [3.63, 3.8) is 0 Å². The number of rotatable bonds is 2. The highest BCUT2D eigenvalue weighted by atomic mass is 16.2. The van der Waals surface area contributed by atoms with E-state index in [1.165, 1.54) is 0 Å². The Morgan fingerprint density at radius 1 is 1.11 bits per heavy atom. The summed E-state index contributed by atoms with van der Waals surface area (Å²) >= 11 is 0. The molecule has 0 bridgehead atoms. The molecule has 5 heteroatoms. The second-order valence-electron chi connectivity index (χ2n) is 4.07. The zero-order chi connectivity index (χ0) is 13.5. The quantitative estimate of drug-likeness (QED) is 0.799. The Morgan fingerprint density at radius 3 is 2.42 bits per heavy atom. The Labute approximate surface area is 112 Å². The lowest BCUT2D eigenvalue weighted by atomic mass is 10.0. The molecule has 1 aliphatic rings. The second kappa shape index (κ2) is 6.49. The van der Waals surface area contributed by atoms with E-state index in [0.29, 0.717) is 0 Å². The molecule has 0 fully saturated rings. The fourth-order valence-corrected chi connectivity index (χ4v) is 1.64. The van der Waals surface area contributed by atoms with Crippen molar-refractivity contribution < 1.29 is 4.79 Å². The third-order valence-electron chi connectivity index (χ3n) is 2.67. The summed E-state index contributed by atoms with van der Waals surface area (Å²) in [5.41, 5.74) is 5.67. The van der Waals surface area contributed by atoms with Crippen molar-refractivity contribution in [1.82, 2.24) is 5.32 Å². The van der Waals surface area contributed by atoms with Crippen LogP contribution in [0.4, 0.5) is 10.5 Å². The molecule has 0 heterocycles. The Balaban J connectivity index is 1.97. The topological polar surface area (TPSA) is 65.8 Å². The average molecular weight is 256 g/mol. The molecule has 19 heavy (non-hydrogen) atoms. The van der Waals surface area contributed by atoms with E-state index in [1.54, 1.807) is 7.05 Å². The highest BCUT2D eigenvalue weighted by Gasteiger charge is 2.07. The van der Waals surface area contributed by atoms with Crippen molar-refractivity contribution in [3.8, 4) is 0 Å². The predicted molar refractivity (Wildman–Crippen MR) is 77.8 cm³/mol. The van der Waals surface area contributed by atoms with Gasteiger partial charge in [-0.15, -0.1) is 0 Å². The molecule has 1 aliphatic carbocycles. The zero-order valence-corrected chi connectivity index (χ0v) is 10.8. The maximum Gasteiger partial charge on any atom is 0.340 e. The van der Waals surface area contributed by atoms with Crippen LogP contribution in [0.3, 0.4) is 0 Å². The number of para-hydroxylation sites is 1. The molecule has 0 atom stereocenters. The molecule has 0 saturated heterocycles. The molecule has 2 N–H and O–H groups in total. The minimum atomic E-state index is -0.317. The van der Waals surface area contributed by atoms with Crippen molar-refractivity contribution in [3.05, 3.63) is 42.5 Å².